The van der Waals surface area contributed by atoms with Crippen molar-refractivity contribution in [2.24, 2.45) is 0 Å². The van der Waals surface area contributed by atoms with E-state index in [9.17, 15) is 0 Å². The van der Waals surface area contributed by atoms with Crippen LogP contribution in [0.2, 0.25) is 0 Å². The average molecular weight is 1240 g/mol. The van der Waals surface area contributed by atoms with Gasteiger partial charge < -0.3 is 0 Å². The number of fused-ring (bicyclic) bond motifs is 30. The van der Waals surface area contributed by atoms with Crippen LogP contribution in [0.25, 0.3) is 162 Å². The summed E-state index contributed by atoms with van der Waals surface area (Å²) in [5.41, 5.74) is 9.31. The highest BCUT2D eigenvalue weighted by molar-refractivity contribution is 6.28. The lowest BCUT2D eigenvalue weighted by molar-refractivity contribution is 1.03. The maximum absolute atomic E-state index is 7.58. The first-order valence-electron chi connectivity index (χ1n) is 35.2. The first-order chi connectivity index (χ1) is 49.4. The van der Waals surface area contributed by atoms with Gasteiger partial charge in [-0.2, -0.15) is 0 Å². The van der Waals surface area contributed by atoms with Gasteiger partial charge in [-0.25, -0.2) is 4.98 Å². The molecule has 0 saturated carbocycles. The molecule has 0 radical (unpaired) electrons. The van der Waals surface area contributed by atoms with Gasteiger partial charge in [0.25, 0.3) is 0 Å². The van der Waals surface area contributed by atoms with E-state index in [-0.39, 0.29) is 0 Å². The monoisotopic (exact) mass is 1230 g/mol. The van der Waals surface area contributed by atoms with Crippen LogP contribution in [0.3, 0.4) is 0 Å². The van der Waals surface area contributed by atoms with Crippen molar-refractivity contribution < 1.29 is 5.48 Å². The van der Waals surface area contributed by atoms with Crippen LogP contribution in [-0.4, -0.2) is 29.9 Å². The molecule has 456 valence electrons. The summed E-state index contributed by atoms with van der Waals surface area (Å²) in [6.07, 6.45) is 14.0. The van der Waals surface area contributed by atoms with E-state index in [0.29, 0.717) is 27.6 Å². The van der Waals surface area contributed by atoms with Crippen molar-refractivity contribution in [2.75, 3.05) is 0 Å². The molecule has 0 aliphatic heterocycles. The Morgan fingerprint density at radius 3 is 0.896 bits per heavy atom. The van der Waals surface area contributed by atoms with Gasteiger partial charge in [-0.05, 0) is 155 Å². The maximum Gasteiger partial charge on any atom is 0.0975 e. The molecule has 15 aromatic carbocycles. The van der Waals surface area contributed by atoms with Crippen LogP contribution in [0, 0.1) is 27.6 Å². The number of hydrogen-bond acceptors (Lipinski definition) is 6. The largest absolute Gasteiger partial charge is 0.264 e. The number of benzene rings is 15. The predicted octanol–water partition coefficient (Wildman–Crippen LogP) is 23.9. The van der Waals surface area contributed by atoms with Crippen LogP contribution in [0.4, 0.5) is 0 Å². The zero-order chi connectivity index (χ0) is 67.6. The molecule has 0 atom stereocenters. The van der Waals surface area contributed by atoms with Gasteiger partial charge in [0, 0.05) is 92.0 Å². The zero-order valence-electron chi connectivity index (χ0n) is 57.0. The topological polar surface area (TPSA) is 77.3 Å². The van der Waals surface area contributed by atoms with Crippen molar-refractivity contribution in [3.8, 4) is 0 Å². The Balaban J connectivity index is 0.0000000972. The van der Waals surface area contributed by atoms with Crippen LogP contribution in [0.15, 0.2) is 298 Å². The molecule has 6 nitrogen and oxygen atoms in total. The van der Waals surface area contributed by atoms with Gasteiger partial charge in [0.2, 0.25) is 0 Å². The van der Waals surface area contributed by atoms with Crippen molar-refractivity contribution in [3.05, 3.63) is 326 Å². The van der Waals surface area contributed by atoms with Gasteiger partial charge >= 0.3 is 0 Å². The van der Waals surface area contributed by atoms with Crippen molar-refractivity contribution >= 4 is 162 Å². The second kappa shape index (κ2) is 25.1. The lowest BCUT2D eigenvalue weighted by atomic mass is 9.94. The molecule has 96 heavy (non-hydrogen) atoms. The maximum atomic E-state index is 7.58. The molecule has 0 aliphatic rings. The first-order valence-corrected chi connectivity index (χ1v) is 32.3. The molecule has 5 heterocycles. The Bertz CT molecular complexity index is 5460. The van der Waals surface area contributed by atoms with Gasteiger partial charge in [-0.15, -0.1) is 0 Å². The molecule has 0 bridgehead atoms. The third-order valence-electron chi connectivity index (χ3n) is 18.6. The molecular weight excluding hydrogens is 1170 g/mol. The smallest absolute Gasteiger partial charge is 0.0975 e. The summed E-state index contributed by atoms with van der Waals surface area (Å²) in [7, 11) is 0. The highest BCUT2D eigenvalue weighted by Crippen LogP contribution is 2.40. The third kappa shape index (κ3) is 10.6. The van der Waals surface area contributed by atoms with E-state index in [1.165, 1.54) is 129 Å². The second-order valence-electron chi connectivity index (χ2n) is 24.3. The van der Waals surface area contributed by atoms with Crippen LogP contribution >= 0.6 is 0 Å². The molecule has 0 amide bonds. The summed E-state index contributed by atoms with van der Waals surface area (Å²) < 4.78 is 30.3. The standard InChI is InChI=1S/C18H14N2.4C18H13N/c1-2-12-11-19-17-15-9-5-3-7-13(15)14-8-4-6-10-16(14)18(17)20-12;1-12-8-9-14-13-5-2-3-6-15(13)18-16(17(14)11-12)7-4-10-19-18;1-12-8-9-16-17(11-12)14-6-3-2-5-13(14)15-7-4-10-19-18(15)16;1-12-6-7-15-16-8-9-19-11-18(16)14-5-3-2-4-13(14)17(15)10-12;1-12-6-7-15-17(10-12)14-5-3-2-4-13(14)16-8-9-19-11-18(15)16/h3-11H,2H2,1H3;4*2-11H,1H3/i;4*1D. The zero-order valence-corrected chi connectivity index (χ0v) is 53.0. The summed E-state index contributed by atoms with van der Waals surface area (Å²) in [6, 6.07) is 88.1. The molecule has 0 unspecified atom stereocenters. The quantitative estimate of drug-likeness (QED) is 0.152. The van der Waals surface area contributed by atoms with E-state index in [1.54, 1.807) is 0 Å². The van der Waals surface area contributed by atoms with Crippen molar-refractivity contribution in [3.63, 3.8) is 0 Å². The molecular formula is C90H66N6. The lowest BCUT2D eigenvalue weighted by Crippen LogP contribution is -1.93. The van der Waals surface area contributed by atoms with E-state index >= 15 is 0 Å². The first kappa shape index (κ1) is 54.4. The molecule has 20 rings (SSSR count). The summed E-state index contributed by atoms with van der Waals surface area (Å²) >= 11 is 0. The van der Waals surface area contributed by atoms with Gasteiger partial charge in [-0.1, -0.05) is 260 Å². The molecule has 20 aromatic rings. The normalized spacial score (nSPS) is 12.0. The predicted molar refractivity (Wildman–Crippen MR) is 410 cm³/mol. The summed E-state index contributed by atoms with van der Waals surface area (Å²) in [5.74, 6) is 0. The van der Waals surface area contributed by atoms with Gasteiger partial charge in [0.05, 0.1) is 27.8 Å². The van der Waals surface area contributed by atoms with Crippen molar-refractivity contribution in [1.29, 1.82) is 0 Å². The van der Waals surface area contributed by atoms with E-state index in [2.05, 4.69) is 250 Å². The summed E-state index contributed by atoms with van der Waals surface area (Å²) in [5, 5.41) is 31.5. The lowest BCUT2D eigenvalue weighted by Gasteiger charge is -2.10. The fourth-order valence-electron chi connectivity index (χ4n) is 14.1. The number of rotatable bonds is 1. The number of nitrogens with zero attached hydrogens (tertiary/aromatic N) is 6. The highest BCUT2D eigenvalue weighted by atomic mass is 14.8. The Morgan fingerprint density at radius 2 is 0.500 bits per heavy atom. The van der Waals surface area contributed by atoms with Crippen LogP contribution < -0.4 is 0 Å². The Labute approximate surface area is 561 Å². The van der Waals surface area contributed by atoms with Crippen LogP contribution in [0.1, 0.15) is 40.4 Å². The third-order valence-corrected chi connectivity index (χ3v) is 18.6. The number of aromatic nitrogens is 6. The molecule has 0 spiro atoms. The molecule has 6 heteroatoms. The molecule has 0 N–H and O–H groups in total. The minimum absolute atomic E-state index is 0.310. The molecule has 5 aromatic heterocycles. The SMILES string of the molecule is CCc1cnc2c3ccccc3c3ccccc3c2n1.[2H]Cc1ccc2c(c1)c1ccccc1c1cccnc12.[2H]Cc1ccc2c3ccccc3c3ncccc3c2c1.[2H]Cc1ccc2c3ccncc3c3ccccc3c2c1.[2H]Cc1ccc2c3cnccc3c3ccccc3c2c1. The van der Waals surface area contributed by atoms with E-state index in [4.69, 9.17) is 10.5 Å². The molecule has 0 fully saturated rings. The molecule has 0 saturated heterocycles. The Hall–Kier alpha value is -12.1. The fourth-order valence-corrected chi connectivity index (χ4v) is 14.1. The minimum atomic E-state index is 0.310. The summed E-state index contributed by atoms with van der Waals surface area (Å²) in [6.45, 7) is 3.36. The highest BCUT2D eigenvalue weighted by Gasteiger charge is 2.14. The van der Waals surface area contributed by atoms with E-state index in [1.807, 2.05) is 79.8 Å². The number of aryl methyl sites for hydroxylation is 5. The number of pyridine rings is 4. The van der Waals surface area contributed by atoms with Crippen molar-refractivity contribution in [1.82, 2.24) is 29.9 Å². The fraction of sp³-hybridized carbons (Fsp3) is 0.0667. The number of hydrogen-bond donors (Lipinski definition) is 0. The van der Waals surface area contributed by atoms with Gasteiger partial charge in [-0.3, -0.25) is 24.9 Å². The van der Waals surface area contributed by atoms with Gasteiger partial charge in [0.15, 0.2) is 0 Å². The second-order valence-corrected chi connectivity index (χ2v) is 24.3. The minimum Gasteiger partial charge on any atom is -0.264 e. The van der Waals surface area contributed by atoms with Gasteiger partial charge in [0.1, 0.15) is 0 Å². The van der Waals surface area contributed by atoms with Crippen molar-refractivity contribution in [2.45, 2.75) is 40.9 Å². The van der Waals surface area contributed by atoms with E-state index < -0.39 is 0 Å². The van der Waals surface area contributed by atoms with Crippen LogP contribution in [-0.2, 0) is 6.42 Å². The van der Waals surface area contributed by atoms with Crippen LogP contribution in [0.5, 0.6) is 0 Å². The molecule has 0 aliphatic carbocycles. The van der Waals surface area contributed by atoms with E-state index in [0.717, 1.165) is 67.2 Å². The Morgan fingerprint density at radius 1 is 0.229 bits per heavy atom. The Kier molecular flexibility index (Phi) is 14.2. The summed E-state index contributed by atoms with van der Waals surface area (Å²) in [4.78, 5) is 27.2. The average Bonchev–Trinajstić information content (AvgIpc) is 0.782.